The molecule has 0 radical (unpaired) electrons. The molecule has 322 valence electrons. The van der Waals surface area contributed by atoms with E-state index in [0.29, 0.717) is 16.7 Å². The van der Waals surface area contributed by atoms with Crippen LogP contribution < -0.4 is 0 Å². The number of aromatic nitrogens is 1. The summed E-state index contributed by atoms with van der Waals surface area (Å²) >= 11 is 0. The van der Waals surface area contributed by atoms with Gasteiger partial charge in [-0.15, -0.1) is 42.1 Å². The molecule has 7 heteroatoms. The van der Waals surface area contributed by atoms with Crippen molar-refractivity contribution >= 4 is 57.5 Å². The molecule has 6 nitrogen and oxygen atoms in total. The fourth-order valence-corrected chi connectivity index (χ4v) is 7.13. The van der Waals surface area contributed by atoms with Gasteiger partial charge in [0.05, 0.1) is 36.0 Å². The van der Waals surface area contributed by atoms with Gasteiger partial charge in [0.2, 0.25) is 0 Å². The van der Waals surface area contributed by atoms with Crippen molar-refractivity contribution in [2.24, 2.45) is 4.99 Å². The smallest absolute Gasteiger partial charge is 0.673 e. The van der Waals surface area contributed by atoms with Crippen LogP contribution in [-0.2, 0) is 48.1 Å². The molecule has 9 rings (SSSR count). The minimum atomic E-state index is -0.595. The normalized spacial score (nSPS) is 11.4. The zero-order chi connectivity index (χ0) is 45.9. The van der Waals surface area contributed by atoms with Gasteiger partial charge in [0, 0.05) is 11.1 Å². The van der Waals surface area contributed by atoms with Crippen molar-refractivity contribution in [2.75, 3.05) is 0 Å². The molecule has 0 saturated carbocycles. The first kappa shape index (κ1) is 49.6. The van der Waals surface area contributed by atoms with Gasteiger partial charge in [0.1, 0.15) is 0 Å². The average Bonchev–Trinajstić information content (AvgIpc) is 3.37. The first-order valence-electron chi connectivity index (χ1n) is 21.3. The van der Waals surface area contributed by atoms with Gasteiger partial charge in [0.25, 0.3) is 0 Å². The molecule has 0 N–H and O–H groups in total. The summed E-state index contributed by atoms with van der Waals surface area (Å²) in [6, 6.07) is 69.0. The maximum Gasteiger partial charge on any atom is 4.00 e. The van der Waals surface area contributed by atoms with Gasteiger partial charge in [-0.05, 0) is 66.6 Å². The van der Waals surface area contributed by atoms with Crippen LogP contribution >= 0.6 is 0 Å². The summed E-state index contributed by atoms with van der Waals surface area (Å²) in [7, 11) is 0. The van der Waals surface area contributed by atoms with Gasteiger partial charge in [-0.25, -0.2) is 0 Å². The summed E-state index contributed by atoms with van der Waals surface area (Å²) in [5.41, 5.74) is 9.43. The third-order valence-corrected chi connectivity index (χ3v) is 10.6. The molecule has 0 fully saturated rings. The van der Waals surface area contributed by atoms with Gasteiger partial charge in [0.15, 0.2) is 0 Å². The Balaban J connectivity index is 0.000000263. The van der Waals surface area contributed by atoms with Crippen molar-refractivity contribution in [1.82, 2.24) is 4.98 Å². The molecule has 1 unspecified atom stereocenters. The summed E-state index contributed by atoms with van der Waals surface area (Å²) in [4.78, 5) is 40.0. The molecule has 1 heterocycles. The molecule has 0 amide bonds. The molecular weight excluding hydrogens is 847 g/mol. The van der Waals surface area contributed by atoms with Gasteiger partial charge < -0.3 is 19.7 Å². The van der Waals surface area contributed by atoms with Crippen LogP contribution in [0.15, 0.2) is 217 Å². The van der Waals surface area contributed by atoms with E-state index in [1.807, 2.05) is 25.1 Å². The third kappa shape index (κ3) is 13.8. The Bertz CT molecular complexity index is 2880. The molecule has 1 atom stereocenters. The van der Waals surface area contributed by atoms with Crippen molar-refractivity contribution < 1.29 is 36.1 Å². The Hall–Kier alpha value is -7.38. The number of hydrogen-bond donors (Lipinski definition) is 0. The van der Waals surface area contributed by atoms with Crippen LogP contribution in [0.1, 0.15) is 58.6 Å². The van der Waals surface area contributed by atoms with Crippen molar-refractivity contribution in [3.63, 3.8) is 0 Å². The number of benzene rings is 8. The average molecular weight is 896 g/mol. The van der Waals surface area contributed by atoms with Crippen LogP contribution in [0, 0.1) is 13.8 Å². The third-order valence-electron chi connectivity index (χ3n) is 10.6. The molecule has 0 aliphatic heterocycles. The number of aliphatic imine (C=N–C) groups is 1. The van der Waals surface area contributed by atoms with E-state index in [4.69, 9.17) is 15.3 Å². The summed E-state index contributed by atoms with van der Waals surface area (Å²) in [5, 5.41) is 10.2. The molecule has 66 heavy (non-hydrogen) atoms. The maximum absolute atomic E-state index is 9.88. The second kappa shape index (κ2) is 25.2. The minimum absolute atomic E-state index is 0. The van der Waals surface area contributed by atoms with E-state index in [9.17, 15) is 14.4 Å². The Kier molecular flexibility index (Phi) is 19.0. The van der Waals surface area contributed by atoms with Crippen LogP contribution in [0.4, 0.5) is 11.4 Å². The topological polar surface area (TPSA) is 90.6 Å². The van der Waals surface area contributed by atoms with Crippen LogP contribution in [-0.4, -0.2) is 29.6 Å². The van der Waals surface area contributed by atoms with Gasteiger partial charge in [-0.1, -0.05) is 145 Å². The molecule has 0 bridgehead atoms. The molecule has 0 saturated heterocycles. The van der Waals surface area contributed by atoms with Gasteiger partial charge >= 0.3 is 21.7 Å². The van der Waals surface area contributed by atoms with Crippen molar-refractivity contribution in [3.8, 4) is 0 Å². The monoisotopic (exact) mass is 895 g/mol. The van der Waals surface area contributed by atoms with Crippen LogP contribution in [0.5, 0.6) is 0 Å². The minimum Gasteiger partial charge on any atom is -0.673 e. The van der Waals surface area contributed by atoms with Gasteiger partial charge in [-0.3, -0.25) is 9.98 Å². The standard InChI is InChI=1S/C38H34N3.3C7H5O.Ti/c1-26-21-23-30-15-8-10-17-32(30)36(26)39-28(3)34-19-12-20-35(40-34)38(4,25-29-13-6-5-7-14-29)41-37-27(2)22-24-31-16-9-11-18-33(31)37;3*8-6-7-4-2-1-3-5-7;/h5-24H,25H2,1-4H3;3*1-5H;/q4*-1;+4. The first-order chi connectivity index (χ1) is 31.7. The Morgan fingerprint density at radius 2 is 0.955 bits per heavy atom. The fraction of sp³-hybridized carbons (Fsp3) is 0.102. The van der Waals surface area contributed by atoms with Crippen LogP contribution in [0.2, 0.25) is 0 Å². The first-order valence-corrected chi connectivity index (χ1v) is 21.3. The number of fused-ring (bicyclic) bond motifs is 2. The van der Waals surface area contributed by atoms with Gasteiger partial charge in [-0.2, -0.15) is 53.1 Å². The summed E-state index contributed by atoms with van der Waals surface area (Å²) in [6.07, 6.45) is 6.06. The summed E-state index contributed by atoms with van der Waals surface area (Å²) in [5.74, 6) is 0. The molecule has 8 aromatic carbocycles. The molecular formula is C59H49N3O3Ti. The van der Waals surface area contributed by atoms with E-state index in [2.05, 4.69) is 142 Å². The fourth-order valence-electron chi connectivity index (χ4n) is 7.13. The largest absolute Gasteiger partial charge is 4.00 e. The number of pyridine rings is 1. The zero-order valence-electron chi connectivity index (χ0n) is 37.5. The van der Waals surface area contributed by atoms with Crippen molar-refractivity contribution in [2.45, 2.75) is 39.7 Å². The van der Waals surface area contributed by atoms with Crippen LogP contribution in [0.3, 0.4) is 0 Å². The molecule has 0 aliphatic carbocycles. The van der Waals surface area contributed by atoms with E-state index in [1.165, 1.54) is 16.3 Å². The van der Waals surface area contributed by atoms with Crippen molar-refractivity contribution in [1.29, 1.82) is 0 Å². The van der Waals surface area contributed by atoms with Crippen LogP contribution in [0.25, 0.3) is 26.9 Å². The molecule has 0 aliphatic rings. The predicted octanol–water partition coefficient (Wildman–Crippen LogP) is 13.7. The summed E-state index contributed by atoms with van der Waals surface area (Å²) < 4.78 is 0. The number of hydrogen-bond acceptors (Lipinski definition) is 5. The summed E-state index contributed by atoms with van der Waals surface area (Å²) in [6.45, 7) is 8.51. The quantitative estimate of drug-likeness (QED) is 0.0777. The second-order valence-electron chi connectivity index (χ2n) is 15.5. The zero-order valence-corrected chi connectivity index (χ0v) is 39.0. The molecule has 0 spiro atoms. The Morgan fingerprint density at radius 3 is 1.45 bits per heavy atom. The molecule has 1 aromatic heterocycles. The van der Waals surface area contributed by atoms with E-state index in [0.717, 1.165) is 56.8 Å². The van der Waals surface area contributed by atoms with Crippen molar-refractivity contribution in [3.05, 3.63) is 262 Å². The molecule has 9 aromatic rings. The Labute approximate surface area is 403 Å². The van der Waals surface area contributed by atoms with E-state index < -0.39 is 5.54 Å². The van der Waals surface area contributed by atoms with E-state index in [1.54, 1.807) is 91.7 Å². The number of aryl methyl sites for hydroxylation is 2. The SMILES string of the molecule is CC(=Nc1c(C)ccc2ccccc12)c1cccc(C(C)(Cc2ccccc2)[N-]c2c(C)ccc3ccccc23)n1.O=[C-]c1ccccc1.O=[C-]c1ccccc1.O=[C-]c1ccccc1.[Ti+4]. The number of carbonyl (C=O) groups excluding carboxylic acids is 3. The number of rotatable bonds is 10. The van der Waals surface area contributed by atoms with E-state index >= 15 is 0 Å². The maximum atomic E-state index is 9.88. The van der Waals surface area contributed by atoms with E-state index in [-0.39, 0.29) is 21.7 Å². The second-order valence-corrected chi connectivity index (χ2v) is 15.5. The predicted molar refractivity (Wildman–Crippen MR) is 268 cm³/mol. The Morgan fingerprint density at radius 1 is 0.515 bits per heavy atom. The number of nitrogens with zero attached hydrogens (tertiary/aromatic N) is 3.